The smallest absolute Gasteiger partial charge is 0.240 e. The van der Waals surface area contributed by atoms with Crippen LogP contribution in [-0.2, 0) is 23.0 Å². The minimum absolute atomic E-state index is 0.0270. The molecule has 24 heavy (non-hydrogen) atoms. The van der Waals surface area contributed by atoms with E-state index in [0.717, 1.165) is 0 Å². The summed E-state index contributed by atoms with van der Waals surface area (Å²) in [6, 6.07) is 5.62. The molecule has 0 bridgehead atoms. The second kappa shape index (κ2) is 6.86. The molecule has 0 radical (unpaired) electrons. The van der Waals surface area contributed by atoms with Crippen molar-refractivity contribution in [2.45, 2.75) is 25.6 Å². The van der Waals surface area contributed by atoms with Crippen molar-refractivity contribution in [3.8, 4) is 5.75 Å². The van der Waals surface area contributed by atoms with Gasteiger partial charge in [0.1, 0.15) is 11.6 Å². The lowest BCUT2D eigenvalue weighted by molar-refractivity contribution is 0.217. The van der Waals surface area contributed by atoms with Crippen LogP contribution in [0.5, 0.6) is 5.75 Å². The molecule has 3 rings (SSSR count). The Balaban J connectivity index is 1.52. The van der Waals surface area contributed by atoms with Gasteiger partial charge in [0, 0.05) is 6.04 Å². The van der Waals surface area contributed by atoms with Crippen LogP contribution in [-0.4, -0.2) is 48.1 Å². The van der Waals surface area contributed by atoms with E-state index in [0.29, 0.717) is 30.4 Å². The number of rotatable bonds is 6. The fourth-order valence-electron chi connectivity index (χ4n) is 2.56. The molecule has 1 aliphatic rings. The molecule has 9 heteroatoms. The van der Waals surface area contributed by atoms with E-state index >= 15 is 0 Å². The third-order valence-electron chi connectivity index (χ3n) is 3.91. The molecule has 2 heterocycles. The van der Waals surface area contributed by atoms with Crippen LogP contribution in [0.1, 0.15) is 18.1 Å². The molecule has 1 aromatic carbocycles. The Morgan fingerprint density at radius 3 is 2.79 bits per heavy atom. The highest BCUT2D eigenvalue weighted by atomic mass is 32.2. The zero-order valence-corrected chi connectivity index (χ0v) is 14.0. The predicted octanol–water partition coefficient (Wildman–Crippen LogP) is 1.41. The van der Waals surface area contributed by atoms with Gasteiger partial charge >= 0.3 is 0 Å². The first-order valence-electron chi connectivity index (χ1n) is 7.52. The Morgan fingerprint density at radius 2 is 2.12 bits per heavy atom. The molecule has 130 valence electrons. The van der Waals surface area contributed by atoms with Gasteiger partial charge in [0.2, 0.25) is 11.7 Å². The normalized spacial score (nSPS) is 19.7. The van der Waals surface area contributed by atoms with Gasteiger partial charge in [-0.25, -0.2) is 12.8 Å². The molecule has 7 nitrogen and oxygen atoms in total. The first-order valence-corrected chi connectivity index (χ1v) is 9.34. The minimum Gasteiger partial charge on any atom is -0.485 e. The third-order valence-corrected chi connectivity index (χ3v) is 5.66. The molecule has 2 aromatic rings. The summed E-state index contributed by atoms with van der Waals surface area (Å²) in [6.45, 7) is 0.486. The number of hydrogen-bond donors (Lipinski definition) is 0. The van der Waals surface area contributed by atoms with Gasteiger partial charge in [-0.1, -0.05) is 5.16 Å². The predicted molar refractivity (Wildman–Crippen MR) is 83.6 cm³/mol. The van der Waals surface area contributed by atoms with Crippen molar-refractivity contribution in [1.29, 1.82) is 0 Å². The molecule has 1 aromatic heterocycles. The lowest BCUT2D eigenvalue weighted by Crippen LogP contribution is -2.32. The first-order chi connectivity index (χ1) is 11.4. The van der Waals surface area contributed by atoms with Gasteiger partial charge in [-0.05, 0) is 37.7 Å². The first kappa shape index (κ1) is 16.8. The molecule has 0 aliphatic carbocycles. The van der Waals surface area contributed by atoms with Gasteiger partial charge in [-0.2, -0.15) is 4.98 Å². The van der Waals surface area contributed by atoms with Gasteiger partial charge in [-0.3, -0.25) is 4.90 Å². The lowest BCUT2D eigenvalue weighted by Gasteiger charge is -2.20. The summed E-state index contributed by atoms with van der Waals surface area (Å²) >= 11 is 0. The van der Waals surface area contributed by atoms with Gasteiger partial charge in [0.05, 0.1) is 18.1 Å². The number of aromatic nitrogens is 2. The highest BCUT2D eigenvalue weighted by Crippen LogP contribution is 2.18. The molecule has 1 fully saturated rings. The quantitative estimate of drug-likeness (QED) is 0.774. The van der Waals surface area contributed by atoms with Crippen molar-refractivity contribution >= 4 is 9.84 Å². The van der Waals surface area contributed by atoms with Crippen LogP contribution in [0, 0.1) is 5.82 Å². The van der Waals surface area contributed by atoms with E-state index in [4.69, 9.17) is 9.26 Å². The zero-order valence-electron chi connectivity index (χ0n) is 13.2. The maximum atomic E-state index is 12.8. The van der Waals surface area contributed by atoms with E-state index in [9.17, 15) is 12.8 Å². The molecule has 1 aliphatic heterocycles. The third kappa shape index (κ3) is 4.30. The molecule has 1 unspecified atom stereocenters. The van der Waals surface area contributed by atoms with Crippen LogP contribution < -0.4 is 4.74 Å². The number of benzene rings is 1. The van der Waals surface area contributed by atoms with Crippen LogP contribution in [0.3, 0.4) is 0 Å². The summed E-state index contributed by atoms with van der Waals surface area (Å²) in [4.78, 5) is 6.13. The maximum Gasteiger partial charge on any atom is 0.240 e. The summed E-state index contributed by atoms with van der Waals surface area (Å²) in [7, 11) is -1.09. The van der Waals surface area contributed by atoms with E-state index in [-0.39, 0.29) is 30.0 Å². The van der Waals surface area contributed by atoms with Gasteiger partial charge < -0.3 is 9.26 Å². The number of halogens is 1. The summed E-state index contributed by atoms with van der Waals surface area (Å²) in [5, 5.41) is 3.83. The summed E-state index contributed by atoms with van der Waals surface area (Å²) in [5.41, 5.74) is 0. The number of ether oxygens (including phenoxy) is 1. The number of nitrogens with zero attached hydrogens (tertiary/aromatic N) is 3. The topological polar surface area (TPSA) is 85.5 Å². The van der Waals surface area contributed by atoms with Crippen LogP contribution in [0.2, 0.25) is 0 Å². The van der Waals surface area contributed by atoms with E-state index in [1.165, 1.54) is 24.3 Å². The average Bonchev–Trinajstić information content (AvgIpc) is 3.13. The van der Waals surface area contributed by atoms with Crippen molar-refractivity contribution in [1.82, 2.24) is 15.0 Å². The van der Waals surface area contributed by atoms with Gasteiger partial charge in [0.15, 0.2) is 16.4 Å². The van der Waals surface area contributed by atoms with E-state index in [2.05, 4.69) is 10.1 Å². The van der Waals surface area contributed by atoms with E-state index in [1.54, 1.807) is 0 Å². The van der Waals surface area contributed by atoms with Gasteiger partial charge in [0.25, 0.3) is 0 Å². The Labute approximate surface area is 139 Å². The van der Waals surface area contributed by atoms with Crippen molar-refractivity contribution in [3.63, 3.8) is 0 Å². The molecule has 1 saturated heterocycles. The average molecular weight is 355 g/mol. The Hall–Kier alpha value is -2.00. The Morgan fingerprint density at radius 1 is 1.38 bits per heavy atom. The lowest BCUT2D eigenvalue weighted by atomic mass is 10.2. The second-order valence-corrected chi connectivity index (χ2v) is 8.05. The monoisotopic (exact) mass is 355 g/mol. The van der Waals surface area contributed by atoms with Crippen molar-refractivity contribution in [2.75, 3.05) is 18.6 Å². The molecule has 0 amide bonds. The number of hydrogen-bond acceptors (Lipinski definition) is 7. The number of sulfone groups is 1. The highest BCUT2D eigenvalue weighted by Gasteiger charge is 2.31. The van der Waals surface area contributed by atoms with Crippen LogP contribution >= 0.6 is 0 Å². The standard InChI is InChI=1S/C15H18FN3O4S/c1-19(12-6-7-24(20,21)10-12)8-15-17-14(18-23-15)9-22-13-4-2-11(16)3-5-13/h2-5,12H,6-10H2,1H3. The SMILES string of the molecule is CN(Cc1nc(COc2ccc(F)cc2)no1)C1CCS(=O)(=O)C1. The fourth-order valence-corrected chi connectivity index (χ4v) is 4.36. The molecular formula is C15H18FN3O4S. The Kier molecular flexibility index (Phi) is 4.81. The summed E-state index contributed by atoms with van der Waals surface area (Å²) < 4.78 is 46.5. The molecule has 0 spiro atoms. The van der Waals surface area contributed by atoms with E-state index < -0.39 is 9.84 Å². The maximum absolute atomic E-state index is 12.8. The van der Waals surface area contributed by atoms with E-state index in [1.807, 2.05) is 11.9 Å². The summed E-state index contributed by atoms with van der Waals surface area (Å²) in [5.74, 6) is 1.35. The molecular weight excluding hydrogens is 337 g/mol. The van der Waals surface area contributed by atoms with Crippen LogP contribution in [0.4, 0.5) is 4.39 Å². The fraction of sp³-hybridized carbons (Fsp3) is 0.467. The second-order valence-electron chi connectivity index (χ2n) is 5.82. The van der Waals surface area contributed by atoms with Crippen molar-refractivity contribution < 1.29 is 22.1 Å². The molecule has 1 atom stereocenters. The summed E-state index contributed by atoms with van der Waals surface area (Å²) in [6.07, 6.45) is 0.619. The largest absolute Gasteiger partial charge is 0.485 e. The Bertz CT molecular complexity index is 791. The van der Waals surface area contributed by atoms with Crippen molar-refractivity contribution in [3.05, 3.63) is 41.8 Å². The highest BCUT2D eigenvalue weighted by molar-refractivity contribution is 7.91. The van der Waals surface area contributed by atoms with Crippen LogP contribution in [0.25, 0.3) is 0 Å². The minimum atomic E-state index is -2.92. The molecule has 0 saturated carbocycles. The van der Waals surface area contributed by atoms with Gasteiger partial charge in [-0.15, -0.1) is 0 Å². The van der Waals surface area contributed by atoms with Crippen molar-refractivity contribution in [2.24, 2.45) is 0 Å². The van der Waals surface area contributed by atoms with Crippen LogP contribution in [0.15, 0.2) is 28.8 Å². The zero-order chi connectivity index (χ0) is 17.2. The molecule has 0 N–H and O–H groups in total.